The number of carbonyl (C=O) groups is 2. The highest BCUT2D eigenvalue weighted by atomic mass is 19.1. The molecule has 1 saturated heterocycles. The number of amides is 2. The molecule has 0 bridgehead atoms. The van der Waals surface area contributed by atoms with Gasteiger partial charge in [-0.15, -0.1) is 0 Å². The van der Waals surface area contributed by atoms with Gasteiger partial charge in [-0.2, -0.15) is 0 Å². The molecule has 0 radical (unpaired) electrons. The Hall–Kier alpha value is -3.75. The molecule has 3 heterocycles. The quantitative estimate of drug-likeness (QED) is 0.611. The van der Waals surface area contributed by atoms with Crippen LogP contribution in [0.1, 0.15) is 32.3 Å². The second-order valence-electron chi connectivity index (χ2n) is 7.63. The standard InChI is InChI=1S/C22H21FN4O4/c1-4-27-10-24-19-16(27)8-6-13(18(19)23)15-7-5-12(20(28)25-15)14(11(2)3)9-17-21(29)26-22(30)31-17/h5-11,14H,4H2,1-3H3,(H,25,28)(H,26,29,30). The lowest BCUT2D eigenvalue weighted by Crippen LogP contribution is -2.21. The molecular formula is C22H21FN4O4. The number of pyridine rings is 1. The molecule has 3 aromatic rings. The van der Waals surface area contributed by atoms with Crippen LogP contribution in [0.4, 0.5) is 9.18 Å². The average Bonchev–Trinajstić information content (AvgIpc) is 3.29. The molecule has 31 heavy (non-hydrogen) atoms. The number of nitrogens with one attached hydrogen (secondary N) is 2. The van der Waals surface area contributed by atoms with Crippen LogP contribution in [0, 0.1) is 11.7 Å². The number of allylic oxidation sites excluding steroid dienone is 1. The lowest BCUT2D eigenvalue weighted by molar-refractivity contribution is -0.116. The normalized spacial score (nSPS) is 16.2. The maximum absolute atomic E-state index is 15.1. The molecule has 2 amide bonds. The van der Waals surface area contributed by atoms with Crippen molar-refractivity contribution in [3.63, 3.8) is 0 Å². The van der Waals surface area contributed by atoms with E-state index in [2.05, 4.69) is 9.97 Å². The van der Waals surface area contributed by atoms with E-state index in [0.29, 0.717) is 23.3 Å². The third kappa shape index (κ3) is 3.63. The van der Waals surface area contributed by atoms with E-state index in [-0.39, 0.29) is 22.8 Å². The van der Waals surface area contributed by atoms with Crippen LogP contribution in [0.25, 0.3) is 22.3 Å². The monoisotopic (exact) mass is 424 g/mol. The Morgan fingerprint density at radius 3 is 2.58 bits per heavy atom. The molecule has 1 aromatic carbocycles. The average molecular weight is 424 g/mol. The summed E-state index contributed by atoms with van der Waals surface area (Å²) in [6, 6.07) is 6.59. The molecule has 0 aliphatic carbocycles. The highest BCUT2D eigenvalue weighted by molar-refractivity contribution is 6.07. The fraction of sp³-hybridized carbons (Fsp3) is 0.273. The molecule has 8 nitrogen and oxygen atoms in total. The van der Waals surface area contributed by atoms with Crippen LogP contribution < -0.4 is 10.9 Å². The molecule has 0 saturated carbocycles. The number of nitrogens with zero attached hydrogens (tertiary/aromatic N) is 2. The maximum Gasteiger partial charge on any atom is 0.419 e. The zero-order chi connectivity index (χ0) is 22.3. The first kappa shape index (κ1) is 20.5. The number of alkyl carbamates (subject to hydrolysis) is 1. The van der Waals surface area contributed by atoms with Crippen molar-refractivity contribution in [1.82, 2.24) is 19.9 Å². The van der Waals surface area contributed by atoms with Gasteiger partial charge in [-0.1, -0.05) is 19.9 Å². The predicted octanol–water partition coefficient (Wildman–Crippen LogP) is 3.44. The van der Waals surface area contributed by atoms with E-state index in [0.717, 1.165) is 0 Å². The van der Waals surface area contributed by atoms with E-state index in [1.807, 2.05) is 30.7 Å². The Labute approximate surface area is 176 Å². The van der Waals surface area contributed by atoms with Gasteiger partial charge in [0.25, 0.3) is 11.5 Å². The van der Waals surface area contributed by atoms with Crippen molar-refractivity contribution in [1.29, 1.82) is 0 Å². The Kier molecular flexibility index (Phi) is 5.18. The van der Waals surface area contributed by atoms with Gasteiger partial charge in [0.15, 0.2) is 11.6 Å². The molecule has 0 spiro atoms. The summed E-state index contributed by atoms with van der Waals surface area (Å²) >= 11 is 0. The van der Waals surface area contributed by atoms with Gasteiger partial charge in [-0.05, 0) is 37.1 Å². The molecule has 9 heteroatoms. The summed E-state index contributed by atoms with van der Waals surface area (Å²) in [5.41, 5.74) is 1.43. The summed E-state index contributed by atoms with van der Waals surface area (Å²) in [5.74, 6) is -1.86. The van der Waals surface area contributed by atoms with Gasteiger partial charge in [0.05, 0.1) is 17.5 Å². The fourth-order valence-electron chi connectivity index (χ4n) is 3.70. The summed E-state index contributed by atoms with van der Waals surface area (Å²) in [4.78, 5) is 42.8. The van der Waals surface area contributed by atoms with Crippen molar-refractivity contribution in [3.05, 3.63) is 64.2 Å². The van der Waals surface area contributed by atoms with Gasteiger partial charge < -0.3 is 14.3 Å². The number of aromatic amines is 1. The van der Waals surface area contributed by atoms with Crippen molar-refractivity contribution in [3.8, 4) is 11.3 Å². The number of aromatic nitrogens is 3. The number of rotatable bonds is 5. The number of imide groups is 1. The first-order valence-electron chi connectivity index (χ1n) is 9.92. The lowest BCUT2D eigenvalue weighted by atomic mass is 9.88. The van der Waals surface area contributed by atoms with Gasteiger partial charge in [0.2, 0.25) is 0 Å². The van der Waals surface area contributed by atoms with Crippen molar-refractivity contribution >= 4 is 23.0 Å². The molecule has 4 rings (SSSR count). The topological polar surface area (TPSA) is 106 Å². The van der Waals surface area contributed by atoms with E-state index in [4.69, 9.17) is 4.74 Å². The number of aryl methyl sites for hydroxylation is 1. The summed E-state index contributed by atoms with van der Waals surface area (Å²) < 4.78 is 21.8. The SMILES string of the molecule is CCn1cnc2c(F)c(-c3ccc(C(C=C4OC(=O)NC4=O)C(C)C)c(=O)[nH]3)ccc21. The lowest BCUT2D eigenvalue weighted by Gasteiger charge is -2.17. The van der Waals surface area contributed by atoms with Crippen molar-refractivity contribution < 1.29 is 18.7 Å². The predicted molar refractivity (Wildman–Crippen MR) is 112 cm³/mol. The second kappa shape index (κ2) is 7.82. The Morgan fingerprint density at radius 2 is 1.97 bits per heavy atom. The van der Waals surface area contributed by atoms with Crippen LogP contribution in [0.3, 0.4) is 0 Å². The van der Waals surface area contributed by atoms with E-state index in [1.54, 1.807) is 30.6 Å². The van der Waals surface area contributed by atoms with Crippen molar-refractivity contribution in [2.24, 2.45) is 5.92 Å². The second-order valence-corrected chi connectivity index (χ2v) is 7.63. The minimum absolute atomic E-state index is 0.0716. The summed E-state index contributed by atoms with van der Waals surface area (Å²) in [6.07, 6.45) is 2.19. The highest BCUT2D eigenvalue weighted by Gasteiger charge is 2.29. The molecule has 1 atom stereocenters. The van der Waals surface area contributed by atoms with Crippen LogP contribution in [-0.4, -0.2) is 26.5 Å². The van der Waals surface area contributed by atoms with Crippen LogP contribution in [-0.2, 0) is 16.1 Å². The molecule has 160 valence electrons. The van der Waals surface area contributed by atoms with E-state index in [9.17, 15) is 14.4 Å². The molecule has 1 fully saturated rings. The maximum atomic E-state index is 15.1. The number of fused-ring (bicyclic) bond motifs is 1. The zero-order valence-corrected chi connectivity index (χ0v) is 17.2. The Morgan fingerprint density at radius 1 is 1.19 bits per heavy atom. The number of imidazole rings is 1. The third-order valence-electron chi connectivity index (χ3n) is 5.35. The Bertz CT molecular complexity index is 1290. The van der Waals surface area contributed by atoms with Crippen LogP contribution in [0.5, 0.6) is 0 Å². The number of halogens is 1. The number of H-pyrrole nitrogens is 1. The third-order valence-corrected chi connectivity index (χ3v) is 5.35. The van der Waals surface area contributed by atoms with Gasteiger partial charge in [0, 0.05) is 23.6 Å². The number of cyclic esters (lactones) is 1. The van der Waals surface area contributed by atoms with Gasteiger partial charge in [0.1, 0.15) is 5.52 Å². The van der Waals surface area contributed by atoms with Crippen molar-refractivity contribution in [2.45, 2.75) is 33.2 Å². The summed E-state index contributed by atoms with van der Waals surface area (Å²) in [5, 5.41) is 2.03. The van der Waals surface area contributed by atoms with E-state index in [1.165, 1.54) is 6.08 Å². The summed E-state index contributed by atoms with van der Waals surface area (Å²) in [6.45, 7) is 6.36. The largest absolute Gasteiger partial charge is 0.419 e. The fourth-order valence-corrected chi connectivity index (χ4v) is 3.70. The molecule has 2 N–H and O–H groups in total. The smallest absolute Gasteiger partial charge is 0.404 e. The van der Waals surface area contributed by atoms with Crippen LogP contribution in [0.15, 0.2) is 47.2 Å². The molecule has 2 aromatic heterocycles. The summed E-state index contributed by atoms with van der Waals surface area (Å²) in [7, 11) is 0. The highest BCUT2D eigenvalue weighted by Crippen LogP contribution is 2.29. The van der Waals surface area contributed by atoms with E-state index < -0.39 is 29.3 Å². The van der Waals surface area contributed by atoms with Crippen LogP contribution >= 0.6 is 0 Å². The molecule has 1 unspecified atom stereocenters. The Balaban J connectivity index is 1.74. The van der Waals surface area contributed by atoms with Gasteiger partial charge in [-0.3, -0.25) is 14.9 Å². The number of hydrogen-bond donors (Lipinski definition) is 2. The number of carbonyl (C=O) groups excluding carboxylic acids is 2. The van der Waals surface area contributed by atoms with Crippen molar-refractivity contribution in [2.75, 3.05) is 0 Å². The number of ether oxygens (including phenoxy) is 1. The minimum atomic E-state index is -0.848. The van der Waals surface area contributed by atoms with E-state index >= 15 is 4.39 Å². The van der Waals surface area contributed by atoms with Crippen LogP contribution in [0.2, 0.25) is 0 Å². The molecule has 1 aliphatic rings. The zero-order valence-electron chi connectivity index (χ0n) is 17.2. The first-order valence-corrected chi connectivity index (χ1v) is 9.92. The molecular weight excluding hydrogens is 403 g/mol. The number of benzene rings is 1. The number of hydrogen-bond acceptors (Lipinski definition) is 5. The molecule has 1 aliphatic heterocycles. The van der Waals surface area contributed by atoms with Gasteiger partial charge >= 0.3 is 6.09 Å². The first-order chi connectivity index (χ1) is 14.8. The minimum Gasteiger partial charge on any atom is -0.404 e. The van der Waals surface area contributed by atoms with Gasteiger partial charge in [-0.25, -0.2) is 14.2 Å².